The van der Waals surface area contributed by atoms with Gasteiger partial charge in [0.2, 0.25) is 5.91 Å². The molecule has 2 heterocycles. The van der Waals surface area contributed by atoms with Gasteiger partial charge in [-0.3, -0.25) is 14.6 Å². The van der Waals surface area contributed by atoms with Crippen LogP contribution in [0, 0.1) is 0 Å². The van der Waals surface area contributed by atoms with Crippen LogP contribution in [0.3, 0.4) is 0 Å². The summed E-state index contributed by atoms with van der Waals surface area (Å²) in [6.07, 6.45) is 2.48. The first-order chi connectivity index (χ1) is 10.1. The van der Waals surface area contributed by atoms with Crippen molar-refractivity contribution in [3.63, 3.8) is 0 Å². The number of amides is 1. The molecule has 122 valence electrons. The zero-order valence-electron chi connectivity index (χ0n) is 14.0. The molecule has 2 rings (SSSR count). The van der Waals surface area contributed by atoms with E-state index in [1.807, 2.05) is 0 Å². The summed E-state index contributed by atoms with van der Waals surface area (Å²) in [5.74, 6) is 0.190. The predicted molar refractivity (Wildman–Crippen MR) is 86.4 cm³/mol. The predicted octanol–water partition coefficient (Wildman–Crippen LogP) is 0.613. The third-order valence-corrected chi connectivity index (χ3v) is 4.90. The number of piperazine rings is 1. The Balaban J connectivity index is 1.66. The van der Waals surface area contributed by atoms with Gasteiger partial charge in [0.1, 0.15) is 0 Å². The molecule has 21 heavy (non-hydrogen) atoms. The number of carbonyl (C=O) groups excluding carboxylic acids is 1. The van der Waals surface area contributed by atoms with Crippen LogP contribution in [-0.2, 0) is 4.79 Å². The summed E-state index contributed by atoms with van der Waals surface area (Å²) < 4.78 is 0. The van der Waals surface area contributed by atoms with Gasteiger partial charge in [-0.25, -0.2) is 0 Å². The van der Waals surface area contributed by atoms with E-state index < -0.39 is 0 Å². The molecular weight excluding hydrogens is 264 g/mol. The molecular formula is C16H32N4O. The molecule has 2 aliphatic rings. The molecule has 0 saturated carbocycles. The summed E-state index contributed by atoms with van der Waals surface area (Å²) in [6, 6.07) is 1.11. The minimum atomic E-state index is 0.190. The van der Waals surface area contributed by atoms with Crippen LogP contribution in [0.5, 0.6) is 0 Å². The lowest BCUT2D eigenvalue weighted by Gasteiger charge is -2.33. The number of carbonyl (C=O) groups is 1. The molecule has 2 aliphatic heterocycles. The molecule has 1 unspecified atom stereocenters. The Kier molecular flexibility index (Phi) is 6.45. The van der Waals surface area contributed by atoms with E-state index in [1.54, 1.807) is 0 Å². The molecule has 0 aromatic rings. The van der Waals surface area contributed by atoms with E-state index >= 15 is 0 Å². The van der Waals surface area contributed by atoms with Crippen LogP contribution < -0.4 is 5.32 Å². The zero-order valence-corrected chi connectivity index (χ0v) is 14.0. The van der Waals surface area contributed by atoms with E-state index in [-0.39, 0.29) is 5.91 Å². The van der Waals surface area contributed by atoms with Crippen LogP contribution in [0.25, 0.3) is 0 Å². The van der Waals surface area contributed by atoms with E-state index in [4.69, 9.17) is 0 Å². The second-order valence-electron chi connectivity index (χ2n) is 6.64. The van der Waals surface area contributed by atoms with E-state index in [1.165, 1.54) is 19.4 Å². The van der Waals surface area contributed by atoms with Gasteiger partial charge in [0.15, 0.2) is 0 Å². The van der Waals surface area contributed by atoms with Gasteiger partial charge in [-0.15, -0.1) is 0 Å². The lowest BCUT2D eigenvalue weighted by atomic mass is 10.2. The van der Waals surface area contributed by atoms with Gasteiger partial charge in [-0.2, -0.15) is 0 Å². The van der Waals surface area contributed by atoms with Crippen LogP contribution >= 0.6 is 0 Å². The second kappa shape index (κ2) is 8.11. The van der Waals surface area contributed by atoms with Crippen molar-refractivity contribution in [2.24, 2.45) is 0 Å². The van der Waals surface area contributed by atoms with Crippen molar-refractivity contribution in [2.75, 3.05) is 52.4 Å². The summed E-state index contributed by atoms with van der Waals surface area (Å²) in [6.45, 7) is 14.6. The van der Waals surface area contributed by atoms with Gasteiger partial charge in [0.05, 0.1) is 6.54 Å². The molecule has 0 radical (unpaired) electrons. The van der Waals surface area contributed by atoms with Gasteiger partial charge in [0.25, 0.3) is 0 Å². The highest BCUT2D eigenvalue weighted by Crippen LogP contribution is 2.19. The van der Waals surface area contributed by atoms with Crippen molar-refractivity contribution in [1.29, 1.82) is 0 Å². The maximum absolute atomic E-state index is 12.1. The van der Waals surface area contributed by atoms with E-state index in [9.17, 15) is 4.79 Å². The van der Waals surface area contributed by atoms with Crippen LogP contribution in [0.1, 0.15) is 33.6 Å². The van der Waals surface area contributed by atoms with Crippen LogP contribution in [0.4, 0.5) is 0 Å². The fraction of sp³-hybridized carbons (Fsp3) is 0.938. The standard InChI is InChI=1S/C16H32N4O/c1-4-18-8-10-19(11-9-18)13-16(21)17-12-15-6-5-7-20(15)14(2)3/h14-15H,4-13H2,1-3H3,(H,17,21). The van der Waals surface area contributed by atoms with Crippen LogP contribution in [0.15, 0.2) is 0 Å². The smallest absolute Gasteiger partial charge is 0.234 e. The third kappa shape index (κ3) is 4.94. The molecule has 0 aromatic heterocycles. The number of likely N-dealkylation sites (N-methyl/N-ethyl adjacent to an activating group) is 1. The SMILES string of the molecule is CCN1CCN(CC(=O)NCC2CCCN2C(C)C)CC1. The average Bonchev–Trinajstić information content (AvgIpc) is 2.94. The third-order valence-electron chi connectivity index (χ3n) is 4.90. The maximum Gasteiger partial charge on any atom is 0.234 e. The Labute approximate surface area is 129 Å². The number of hydrogen-bond donors (Lipinski definition) is 1. The van der Waals surface area contributed by atoms with Crippen LogP contribution in [0.2, 0.25) is 0 Å². The summed E-state index contributed by atoms with van der Waals surface area (Å²) >= 11 is 0. The first-order valence-corrected chi connectivity index (χ1v) is 8.57. The topological polar surface area (TPSA) is 38.8 Å². The highest BCUT2D eigenvalue weighted by atomic mass is 16.2. The Morgan fingerprint density at radius 1 is 1.14 bits per heavy atom. The Bertz CT molecular complexity index is 326. The number of hydrogen-bond acceptors (Lipinski definition) is 4. The molecule has 0 bridgehead atoms. The van der Waals surface area contributed by atoms with Crippen molar-refractivity contribution >= 4 is 5.91 Å². The van der Waals surface area contributed by atoms with Crippen molar-refractivity contribution < 1.29 is 4.79 Å². The van der Waals surface area contributed by atoms with Gasteiger partial charge in [-0.1, -0.05) is 6.92 Å². The largest absolute Gasteiger partial charge is 0.353 e. The molecule has 1 atom stereocenters. The molecule has 0 aromatic carbocycles. The minimum Gasteiger partial charge on any atom is -0.353 e. The molecule has 0 aliphatic carbocycles. The molecule has 5 nitrogen and oxygen atoms in total. The summed E-state index contributed by atoms with van der Waals surface area (Å²) in [5.41, 5.74) is 0. The fourth-order valence-corrected chi connectivity index (χ4v) is 3.51. The highest BCUT2D eigenvalue weighted by molar-refractivity contribution is 5.78. The van der Waals surface area contributed by atoms with Crippen molar-refractivity contribution in [3.05, 3.63) is 0 Å². The lowest BCUT2D eigenvalue weighted by Crippen LogP contribution is -2.50. The van der Waals surface area contributed by atoms with Crippen molar-refractivity contribution in [2.45, 2.75) is 45.7 Å². The number of nitrogens with one attached hydrogen (secondary N) is 1. The van der Waals surface area contributed by atoms with Gasteiger partial charge in [0, 0.05) is 44.8 Å². The summed E-state index contributed by atoms with van der Waals surface area (Å²) in [4.78, 5) is 19.3. The van der Waals surface area contributed by atoms with E-state index in [0.717, 1.165) is 39.3 Å². The molecule has 0 spiro atoms. The summed E-state index contributed by atoms with van der Waals surface area (Å²) in [5, 5.41) is 3.15. The Morgan fingerprint density at radius 2 is 1.81 bits per heavy atom. The normalized spacial score (nSPS) is 25.6. The van der Waals surface area contributed by atoms with Gasteiger partial charge in [-0.05, 0) is 39.8 Å². The maximum atomic E-state index is 12.1. The van der Waals surface area contributed by atoms with Crippen molar-refractivity contribution in [1.82, 2.24) is 20.0 Å². The highest BCUT2D eigenvalue weighted by Gasteiger charge is 2.27. The van der Waals surface area contributed by atoms with E-state index in [0.29, 0.717) is 18.6 Å². The quantitative estimate of drug-likeness (QED) is 0.780. The molecule has 2 fully saturated rings. The van der Waals surface area contributed by atoms with Crippen molar-refractivity contribution in [3.8, 4) is 0 Å². The molecule has 1 amide bonds. The fourth-order valence-electron chi connectivity index (χ4n) is 3.51. The van der Waals surface area contributed by atoms with Gasteiger partial charge < -0.3 is 10.2 Å². The zero-order chi connectivity index (χ0) is 15.2. The number of nitrogens with zero attached hydrogens (tertiary/aromatic N) is 3. The van der Waals surface area contributed by atoms with Gasteiger partial charge >= 0.3 is 0 Å². The first-order valence-electron chi connectivity index (χ1n) is 8.57. The number of rotatable bonds is 6. The Morgan fingerprint density at radius 3 is 2.43 bits per heavy atom. The molecule has 5 heteroatoms. The number of likely N-dealkylation sites (tertiary alicyclic amines) is 1. The summed E-state index contributed by atoms with van der Waals surface area (Å²) in [7, 11) is 0. The lowest BCUT2D eigenvalue weighted by molar-refractivity contribution is -0.122. The van der Waals surface area contributed by atoms with E-state index in [2.05, 4.69) is 40.8 Å². The molecule has 1 N–H and O–H groups in total. The average molecular weight is 296 g/mol. The Hall–Kier alpha value is -0.650. The molecule has 2 saturated heterocycles. The minimum absolute atomic E-state index is 0.190. The monoisotopic (exact) mass is 296 g/mol. The van der Waals surface area contributed by atoms with Crippen LogP contribution in [-0.4, -0.2) is 85.0 Å². The second-order valence-corrected chi connectivity index (χ2v) is 6.64. The first kappa shape index (κ1) is 16.7.